The largest absolute Gasteiger partial charge is 0.424 e. The van der Waals surface area contributed by atoms with Gasteiger partial charge in [0, 0.05) is 36.6 Å². The Balaban J connectivity index is 1.44. The standard InChI is InChI=1S/C25H22ClF2N5O2/c1-14-4-2-11-33(19(14)13-31-25-32-18-8-5-15(26)12-20(18)35-25)24(34)16-6-7-17(27)22(28)21(16)23-29-9-3-10-30-23/h3,5-10,12,14,19H,2,4,11,13H2,1H3,(H,31,32). The highest BCUT2D eigenvalue weighted by Gasteiger charge is 2.34. The number of benzene rings is 2. The predicted octanol–water partition coefficient (Wildman–Crippen LogP) is 5.57. The first-order chi connectivity index (χ1) is 16.9. The van der Waals surface area contributed by atoms with Crippen LogP contribution in [-0.4, -0.2) is 44.9 Å². The molecule has 0 radical (unpaired) electrons. The van der Waals surface area contributed by atoms with Crippen LogP contribution in [0.25, 0.3) is 22.5 Å². The molecule has 1 aliphatic rings. The summed E-state index contributed by atoms with van der Waals surface area (Å²) in [5, 5.41) is 3.73. The van der Waals surface area contributed by atoms with Gasteiger partial charge < -0.3 is 14.6 Å². The second-order valence-corrected chi connectivity index (χ2v) is 8.99. The van der Waals surface area contributed by atoms with Gasteiger partial charge in [0.15, 0.2) is 23.0 Å². The third-order valence-corrected chi connectivity index (χ3v) is 6.54. The van der Waals surface area contributed by atoms with E-state index < -0.39 is 17.5 Å². The van der Waals surface area contributed by atoms with Gasteiger partial charge in [-0.3, -0.25) is 4.79 Å². The molecule has 2 aromatic heterocycles. The third kappa shape index (κ3) is 4.55. The summed E-state index contributed by atoms with van der Waals surface area (Å²) in [7, 11) is 0. The van der Waals surface area contributed by atoms with E-state index in [2.05, 4.69) is 27.2 Å². The molecule has 1 amide bonds. The molecule has 4 aromatic rings. The lowest BCUT2D eigenvalue weighted by Crippen LogP contribution is -2.51. The molecule has 5 rings (SSSR count). The molecule has 35 heavy (non-hydrogen) atoms. The highest BCUT2D eigenvalue weighted by atomic mass is 35.5. The van der Waals surface area contributed by atoms with Crippen molar-refractivity contribution in [3.05, 3.63) is 71.0 Å². The lowest BCUT2D eigenvalue weighted by Gasteiger charge is -2.40. The van der Waals surface area contributed by atoms with Gasteiger partial charge >= 0.3 is 0 Å². The highest BCUT2D eigenvalue weighted by molar-refractivity contribution is 6.31. The number of carbonyl (C=O) groups is 1. The van der Waals surface area contributed by atoms with Crippen LogP contribution in [0.1, 0.15) is 30.1 Å². The third-order valence-electron chi connectivity index (χ3n) is 6.30. The Morgan fingerprint density at radius 1 is 1.23 bits per heavy atom. The van der Waals surface area contributed by atoms with Crippen molar-refractivity contribution >= 4 is 34.6 Å². The molecule has 0 bridgehead atoms. The zero-order valence-corrected chi connectivity index (χ0v) is 19.6. The maximum absolute atomic E-state index is 14.9. The number of anilines is 1. The lowest BCUT2D eigenvalue weighted by atomic mass is 9.89. The maximum Gasteiger partial charge on any atom is 0.295 e. The molecule has 1 aliphatic heterocycles. The minimum atomic E-state index is -1.15. The maximum atomic E-state index is 14.9. The quantitative estimate of drug-likeness (QED) is 0.388. The number of hydrogen-bond donors (Lipinski definition) is 1. The fourth-order valence-corrected chi connectivity index (χ4v) is 4.67. The average Bonchev–Trinajstić information content (AvgIpc) is 3.26. The fraction of sp³-hybridized carbons (Fsp3) is 0.280. The van der Waals surface area contributed by atoms with Crippen molar-refractivity contribution in [2.24, 2.45) is 5.92 Å². The number of fused-ring (bicyclic) bond motifs is 1. The van der Waals surface area contributed by atoms with E-state index in [9.17, 15) is 13.6 Å². The molecule has 1 saturated heterocycles. The van der Waals surface area contributed by atoms with Crippen LogP contribution in [0.15, 0.2) is 53.2 Å². The zero-order chi connectivity index (χ0) is 24.5. The van der Waals surface area contributed by atoms with E-state index in [0.717, 1.165) is 18.9 Å². The second-order valence-electron chi connectivity index (χ2n) is 8.55. The number of amides is 1. The molecular formula is C25H22ClF2N5O2. The van der Waals surface area contributed by atoms with Gasteiger partial charge in [0.1, 0.15) is 5.52 Å². The Bertz CT molecular complexity index is 1380. The molecule has 0 spiro atoms. The van der Waals surface area contributed by atoms with Crippen LogP contribution in [0.2, 0.25) is 5.02 Å². The van der Waals surface area contributed by atoms with Gasteiger partial charge in [-0.15, -0.1) is 0 Å². The molecule has 3 heterocycles. The highest BCUT2D eigenvalue weighted by Crippen LogP contribution is 2.31. The van der Waals surface area contributed by atoms with Crippen LogP contribution in [0.3, 0.4) is 0 Å². The van der Waals surface area contributed by atoms with E-state index in [1.165, 1.54) is 18.5 Å². The summed E-state index contributed by atoms with van der Waals surface area (Å²) in [6.45, 7) is 2.91. The molecular weight excluding hydrogens is 476 g/mol. The molecule has 10 heteroatoms. The van der Waals surface area contributed by atoms with Crippen molar-refractivity contribution < 1.29 is 18.0 Å². The molecule has 0 saturated carbocycles. The van der Waals surface area contributed by atoms with Crippen LogP contribution < -0.4 is 5.32 Å². The van der Waals surface area contributed by atoms with Gasteiger partial charge in [0.05, 0.1) is 17.2 Å². The van der Waals surface area contributed by atoms with Crippen LogP contribution >= 0.6 is 11.6 Å². The van der Waals surface area contributed by atoms with E-state index in [1.807, 2.05) is 0 Å². The summed E-state index contributed by atoms with van der Waals surface area (Å²) in [5.74, 6) is -2.51. The van der Waals surface area contributed by atoms with Crippen LogP contribution in [0.4, 0.5) is 14.8 Å². The first-order valence-corrected chi connectivity index (χ1v) is 11.7. The summed E-state index contributed by atoms with van der Waals surface area (Å²) in [5.41, 5.74) is 0.997. The normalized spacial score (nSPS) is 18.1. The van der Waals surface area contributed by atoms with Crippen molar-refractivity contribution in [1.29, 1.82) is 0 Å². The Labute approximate surface area is 205 Å². The van der Waals surface area contributed by atoms with Gasteiger partial charge in [-0.05, 0) is 49.1 Å². The van der Waals surface area contributed by atoms with Gasteiger partial charge in [-0.2, -0.15) is 4.98 Å². The number of hydrogen-bond acceptors (Lipinski definition) is 6. The predicted molar refractivity (Wildman–Crippen MR) is 128 cm³/mol. The number of halogens is 3. The molecule has 1 N–H and O–H groups in total. The summed E-state index contributed by atoms with van der Waals surface area (Å²) in [6, 6.07) is 9.09. The van der Waals surface area contributed by atoms with E-state index in [1.54, 1.807) is 29.2 Å². The summed E-state index contributed by atoms with van der Waals surface area (Å²) >= 11 is 6.02. The zero-order valence-electron chi connectivity index (χ0n) is 18.8. The fourth-order valence-electron chi connectivity index (χ4n) is 4.51. The number of likely N-dealkylation sites (tertiary alicyclic amines) is 1. The van der Waals surface area contributed by atoms with E-state index >= 15 is 0 Å². The first-order valence-electron chi connectivity index (χ1n) is 11.3. The molecule has 1 fully saturated rings. The van der Waals surface area contributed by atoms with Crippen molar-refractivity contribution in [3.63, 3.8) is 0 Å². The molecule has 7 nitrogen and oxygen atoms in total. The monoisotopic (exact) mass is 497 g/mol. The van der Waals surface area contributed by atoms with Crippen molar-refractivity contribution in [2.45, 2.75) is 25.8 Å². The second kappa shape index (κ2) is 9.58. The van der Waals surface area contributed by atoms with Crippen LogP contribution in [0, 0.1) is 17.6 Å². The Morgan fingerprint density at radius 2 is 2.03 bits per heavy atom. The number of rotatable bonds is 5. The van der Waals surface area contributed by atoms with Crippen LogP contribution in [0.5, 0.6) is 0 Å². The minimum absolute atomic E-state index is 0.0192. The number of nitrogens with one attached hydrogen (secondary N) is 1. The summed E-state index contributed by atoms with van der Waals surface area (Å²) in [6.07, 6.45) is 4.56. The molecule has 2 unspecified atom stereocenters. The van der Waals surface area contributed by atoms with Crippen LogP contribution in [-0.2, 0) is 0 Å². The minimum Gasteiger partial charge on any atom is -0.424 e. The molecule has 0 aliphatic carbocycles. The molecule has 2 aromatic carbocycles. The van der Waals surface area contributed by atoms with Crippen molar-refractivity contribution in [2.75, 3.05) is 18.4 Å². The van der Waals surface area contributed by atoms with E-state index in [-0.39, 0.29) is 28.9 Å². The Hall–Kier alpha value is -3.59. The Morgan fingerprint density at radius 3 is 2.83 bits per heavy atom. The average molecular weight is 498 g/mol. The van der Waals surface area contributed by atoms with Crippen molar-refractivity contribution in [3.8, 4) is 11.4 Å². The number of oxazole rings is 1. The van der Waals surface area contributed by atoms with Gasteiger partial charge in [-0.1, -0.05) is 18.5 Å². The topological polar surface area (TPSA) is 84.2 Å². The van der Waals surface area contributed by atoms with E-state index in [4.69, 9.17) is 16.0 Å². The summed E-state index contributed by atoms with van der Waals surface area (Å²) < 4.78 is 34.7. The smallest absolute Gasteiger partial charge is 0.295 e. The van der Waals surface area contributed by atoms with E-state index in [0.29, 0.717) is 35.2 Å². The number of piperidine rings is 1. The molecule has 180 valence electrons. The number of carbonyl (C=O) groups excluding carboxylic acids is 1. The lowest BCUT2D eigenvalue weighted by molar-refractivity contribution is 0.0539. The van der Waals surface area contributed by atoms with Crippen molar-refractivity contribution in [1.82, 2.24) is 19.9 Å². The summed E-state index contributed by atoms with van der Waals surface area (Å²) in [4.78, 5) is 27.9. The van der Waals surface area contributed by atoms with Gasteiger partial charge in [0.25, 0.3) is 11.9 Å². The SMILES string of the molecule is CC1CCCN(C(=O)c2ccc(F)c(F)c2-c2ncccn2)C1CNc1nc2ccc(Cl)cc2o1. The number of aromatic nitrogens is 3. The Kier molecular flexibility index (Phi) is 6.34. The van der Waals surface area contributed by atoms with Gasteiger partial charge in [-0.25, -0.2) is 18.7 Å². The molecule has 2 atom stereocenters. The van der Waals surface area contributed by atoms with Gasteiger partial charge in [0.2, 0.25) is 0 Å². The number of nitrogens with zero attached hydrogens (tertiary/aromatic N) is 4. The first kappa shape index (κ1) is 23.2.